The molecule has 0 unspecified atom stereocenters. The standard InChI is InChI=1S/C40H50FN5O6.C31H35FN4O3.C9H17NO4.CH4/c1-39(2,3)52-38(51)44-40(4,5)37(50)43-31(22-25-14-17-30(41)18-15-25)35(48)46-20-19-45(36(49)33(46)23-26-11-12-26)32(34(47)42-6)24-27-13-16-28-9-7-8-10-29(28)21-27;1-34-29(37)27(19-22-8-11-23-4-2-3-5-24(23)16-22)35-14-15-36(28(31(35)39)18-21-6-7-21)30(38)26(33)17-20-9-12-25(32)13-10-20;1-8(2,3)14-7(13)10-9(4,5)6(11)12;/h7-10,13-18,21,26,31-33H,11-12,19-20,22-24H2,1-6H3,(H,42,47)(H,43,50)(H,44,51);2-5,8-13,16,21,26-28H,6-7,14-15,17-19,33H2,1H3,(H,34,37);1-5H3,(H,10,13)(H,11,12);1H4/t31-,32+,33+;26-,27+,28+;;/m11../s1. The Balaban J connectivity index is 0.000000255. The summed E-state index contributed by atoms with van der Waals surface area (Å²) in [6, 6.07) is 34.6. The molecule has 572 valence electrons. The number of likely N-dealkylation sites (N-methyl/N-ethyl adjacent to an activating group) is 2. The van der Waals surface area contributed by atoms with Crippen LogP contribution in [0.15, 0.2) is 133 Å². The third-order valence-electron chi connectivity index (χ3n) is 18.8. The number of rotatable bonds is 23. The molecule has 10 rings (SSSR count). The van der Waals surface area contributed by atoms with Gasteiger partial charge in [0.1, 0.15) is 64.1 Å². The number of carboxylic acids is 1. The molecule has 8 N–H and O–H groups in total. The van der Waals surface area contributed by atoms with Gasteiger partial charge in [-0.15, -0.1) is 0 Å². The van der Waals surface area contributed by atoms with Gasteiger partial charge in [-0.25, -0.2) is 23.2 Å². The third-order valence-corrected chi connectivity index (χ3v) is 18.8. The summed E-state index contributed by atoms with van der Waals surface area (Å²) in [5.74, 6) is -3.71. The number of ether oxygens (including phenoxy) is 2. The Morgan fingerprint density at radius 3 is 1.25 bits per heavy atom. The fraction of sp³-hybridized carbons (Fsp3) is 0.481. The van der Waals surface area contributed by atoms with Crippen LogP contribution < -0.4 is 32.3 Å². The number of carbonyl (C=O) groups is 10. The number of nitrogens with zero attached hydrogens (tertiary/aromatic N) is 4. The van der Waals surface area contributed by atoms with Gasteiger partial charge in [-0.1, -0.05) is 142 Å². The van der Waals surface area contributed by atoms with Crippen LogP contribution in [0.25, 0.3) is 21.5 Å². The van der Waals surface area contributed by atoms with Crippen molar-refractivity contribution in [1.82, 2.24) is 46.2 Å². The van der Waals surface area contributed by atoms with Crippen molar-refractivity contribution in [2.45, 2.75) is 199 Å². The van der Waals surface area contributed by atoms with E-state index in [1.807, 2.05) is 78.9 Å². The van der Waals surface area contributed by atoms with Gasteiger partial charge in [0.05, 0.1) is 6.04 Å². The number of piperazine rings is 2. The van der Waals surface area contributed by atoms with Crippen LogP contribution in [0.2, 0.25) is 0 Å². The maximum absolute atomic E-state index is 14.6. The fourth-order valence-electron chi connectivity index (χ4n) is 12.8. The molecule has 106 heavy (non-hydrogen) atoms. The average Bonchev–Trinajstić information content (AvgIpc) is 1.07. The van der Waals surface area contributed by atoms with Crippen LogP contribution in [0.4, 0.5) is 18.4 Å². The van der Waals surface area contributed by atoms with Crippen LogP contribution in [0.5, 0.6) is 0 Å². The molecule has 25 heteroatoms. The SMILES string of the molecule is C.CC(C)(C)OC(=O)NC(C)(C)C(=O)O.CNC(=O)[C@H](Cc1ccc2ccccc2c1)N1CCN(C(=O)[C@@H](Cc2ccc(F)cc2)NC(=O)C(C)(C)NC(=O)OC(C)(C)C)[C@@H](CC2CC2)C1=O.CNC(=O)[C@H](Cc1ccc2ccccc2c1)N1CCN(C(=O)[C@H](N)Cc2ccc(F)cc2)[C@@H](CC2CC2)C1=O. The highest BCUT2D eigenvalue weighted by molar-refractivity contribution is 5.98. The largest absolute Gasteiger partial charge is 0.480 e. The molecule has 4 fully saturated rings. The Kier molecular flexibility index (Phi) is 28.1. The van der Waals surface area contributed by atoms with E-state index < -0.39 is 94.3 Å². The Morgan fingerprint density at radius 1 is 0.500 bits per heavy atom. The second kappa shape index (κ2) is 35.8. The zero-order valence-corrected chi connectivity index (χ0v) is 62.2. The lowest BCUT2D eigenvalue weighted by atomic mass is 9.95. The average molecular weight is 1470 g/mol. The normalized spacial score (nSPS) is 17.3. The number of hydrogen-bond donors (Lipinski definition) is 7. The summed E-state index contributed by atoms with van der Waals surface area (Å²) in [6.45, 7) is 16.8. The predicted octanol–water partition coefficient (Wildman–Crippen LogP) is 9.56. The Morgan fingerprint density at radius 2 is 0.868 bits per heavy atom. The summed E-state index contributed by atoms with van der Waals surface area (Å²) >= 11 is 0. The van der Waals surface area contributed by atoms with Crippen molar-refractivity contribution in [3.05, 3.63) is 167 Å². The highest BCUT2D eigenvalue weighted by atomic mass is 19.1. The second-order valence-electron chi connectivity index (χ2n) is 30.7. The van der Waals surface area contributed by atoms with Crippen molar-refractivity contribution in [2.24, 2.45) is 17.6 Å². The van der Waals surface area contributed by atoms with Crippen LogP contribution in [0.1, 0.15) is 137 Å². The zero-order chi connectivity index (χ0) is 76.9. The fourth-order valence-corrected chi connectivity index (χ4v) is 12.8. The van der Waals surface area contributed by atoms with E-state index in [0.717, 1.165) is 63.9 Å². The first-order valence-electron chi connectivity index (χ1n) is 35.8. The molecule has 6 aromatic rings. The number of alkyl carbamates (subject to hydrolysis) is 2. The topological polar surface area (TPSA) is 309 Å². The number of aliphatic carboxylic acids is 1. The van der Waals surface area contributed by atoms with Gasteiger partial charge >= 0.3 is 18.2 Å². The lowest BCUT2D eigenvalue weighted by Crippen LogP contribution is -2.66. The van der Waals surface area contributed by atoms with Gasteiger partial charge in [0.2, 0.25) is 41.4 Å². The summed E-state index contributed by atoms with van der Waals surface area (Å²) in [6.07, 6.45) is 4.35. The first-order chi connectivity index (χ1) is 49.4. The van der Waals surface area contributed by atoms with Crippen molar-refractivity contribution in [3.63, 3.8) is 0 Å². The number of amides is 9. The number of halogens is 2. The van der Waals surface area contributed by atoms with E-state index in [1.54, 1.807) is 82.5 Å². The summed E-state index contributed by atoms with van der Waals surface area (Å²) < 4.78 is 37.4. The number of nitrogens with two attached hydrogens (primary N) is 1. The van der Waals surface area contributed by atoms with Crippen molar-refractivity contribution in [3.8, 4) is 0 Å². The monoisotopic (exact) mass is 1460 g/mol. The molecule has 2 aliphatic heterocycles. The van der Waals surface area contributed by atoms with Crippen molar-refractivity contribution < 1.29 is 71.3 Å². The van der Waals surface area contributed by atoms with Crippen LogP contribution in [0.3, 0.4) is 0 Å². The van der Waals surface area contributed by atoms with E-state index in [-0.39, 0.29) is 81.2 Å². The molecule has 23 nitrogen and oxygen atoms in total. The molecule has 6 aromatic carbocycles. The zero-order valence-electron chi connectivity index (χ0n) is 62.2. The van der Waals surface area contributed by atoms with Gasteiger partial charge in [-0.2, -0.15) is 0 Å². The van der Waals surface area contributed by atoms with Gasteiger partial charge < -0.3 is 66.5 Å². The third kappa shape index (κ3) is 23.5. The summed E-state index contributed by atoms with van der Waals surface area (Å²) in [5.41, 5.74) is 5.32. The summed E-state index contributed by atoms with van der Waals surface area (Å²) in [4.78, 5) is 137. The Bertz CT molecular complexity index is 4110. The minimum Gasteiger partial charge on any atom is -0.480 e. The maximum atomic E-state index is 14.6. The van der Waals surface area contributed by atoms with Crippen LogP contribution in [-0.4, -0.2) is 183 Å². The molecule has 0 spiro atoms. The van der Waals surface area contributed by atoms with E-state index in [1.165, 1.54) is 69.0 Å². The molecule has 9 amide bonds. The van der Waals surface area contributed by atoms with Gasteiger partial charge in [-0.05, 0) is 168 Å². The molecule has 2 heterocycles. The van der Waals surface area contributed by atoms with Gasteiger partial charge in [-0.3, -0.25) is 33.6 Å². The second-order valence-corrected chi connectivity index (χ2v) is 30.7. The van der Waals surface area contributed by atoms with E-state index >= 15 is 0 Å². The molecule has 4 aliphatic rings. The molecular formula is C81H106F2N10O13. The molecule has 2 aliphatic carbocycles. The van der Waals surface area contributed by atoms with Crippen LogP contribution in [-0.2, 0) is 73.5 Å². The van der Waals surface area contributed by atoms with Gasteiger partial charge in [0, 0.05) is 59.5 Å². The van der Waals surface area contributed by atoms with E-state index in [0.29, 0.717) is 43.7 Å². The lowest BCUT2D eigenvalue weighted by Gasteiger charge is -2.44. The Hall–Kier alpha value is -10.0. The van der Waals surface area contributed by atoms with Crippen LogP contribution >= 0.6 is 0 Å². The van der Waals surface area contributed by atoms with Crippen molar-refractivity contribution in [2.75, 3.05) is 40.3 Å². The molecule has 6 atom stereocenters. The quantitative estimate of drug-likeness (QED) is 0.0314. The number of fused-ring (bicyclic) bond motifs is 2. The number of hydrogen-bond acceptors (Lipinski definition) is 13. The number of nitrogens with one attached hydrogen (secondary N) is 5. The minimum absolute atomic E-state index is 0. The van der Waals surface area contributed by atoms with Crippen molar-refractivity contribution in [1.29, 1.82) is 0 Å². The summed E-state index contributed by atoms with van der Waals surface area (Å²) in [5, 5.41) is 26.1. The first-order valence-corrected chi connectivity index (χ1v) is 35.8. The van der Waals surface area contributed by atoms with Crippen molar-refractivity contribution >= 4 is 81.1 Å². The van der Waals surface area contributed by atoms with E-state index in [4.69, 9.17) is 20.3 Å². The molecule has 0 radical (unpaired) electrons. The highest BCUT2D eigenvalue weighted by Crippen LogP contribution is 2.38. The number of carboxylic acid groups (broad SMARTS) is 1. The number of carbonyl (C=O) groups excluding carboxylic acids is 9. The molecule has 0 bridgehead atoms. The van der Waals surface area contributed by atoms with Crippen LogP contribution in [0, 0.1) is 23.5 Å². The molecular weight excluding hydrogens is 1360 g/mol. The lowest BCUT2D eigenvalue weighted by molar-refractivity contribution is -0.157. The maximum Gasteiger partial charge on any atom is 0.408 e. The summed E-state index contributed by atoms with van der Waals surface area (Å²) in [7, 11) is 3.12. The van der Waals surface area contributed by atoms with E-state index in [2.05, 4.69) is 32.7 Å². The first kappa shape index (κ1) is 83.2. The molecule has 0 aromatic heterocycles. The number of benzene rings is 6. The minimum atomic E-state index is -1.48. The Labute approximate surface area is 620 Å². The highest BCUT2D eigenvalue weighted by Gasteiger charge is 2.48. The van der Waals surface area contributed by atoms with Gasteiger partial charge in [0.15, 0.2) is 0 Å². The molecule has 2 saturated heterocycles. The van der Waals surface area contributed by atoms with E-state index in [9.17, 15) is 56.7 Å². The predicted molar refractivity (Wildman–Crippen MR) is 402 cm³/mol. The van der Waals surface area contributed by atoms with Gasteiger partial charge in [0.25, 0.3) is 0 Å². The molecule has 2 saturated carbocycles. The smallest absolute Gasteiger partial charge is 0.408 e.